The number of ether oxygens (including phenoxy) is 1. The van der Waals surface area contributed by atoms with E-state index in [0.29, 0.717) is 32.6 Å². The summed E-state index contributed by atoms with van der Waals surface area (Å²) >= 11 is 0. The monoisotopic (exact) mass is 214 g/mol. The number of rotatable bonds is 3. The number of carbonyl (C=O) groups is 1. The number of morpholine rings is 1. The second kappa shape index (κ2) is 4.94. The van der Waals surface area contributed by atoms with Gasteiger partial charge in [-0.2, -0.15) is 0 Å². The molecule has 0 aliphatic carbocycles. The standard InChI is InChI=1S/C11H22N2O2/c1-4-11(12,5-2)10(14)13-6-7-15-8-9(13)3/h9H,4-8,12H2,1-3H3. The lowest BCUT2D eigenvalue weighted by molar-refractivity contribution is -0.145. The largest absolute Gasteiger partial charge is 0.377 e. The summed E-state index contributed by atoms with van der Waals surface area (Å²) in [6.07, 6.45) is 1.37. The first-order valence-electron chi connectivity index (χ1n) is 5.73. The lowest BCUT2D eigenvalue weighted by Gasteiger charge is -2.39. The highest BCUT2D eigenvalue weighted by Gasteiger charge is 2.36. The summed E-state index contributed by atoms with van der Waals surface area (Å²) in [4.78, 5) is 14.1. The molecule has 1 saturated heterocycles. The fourth-order valence-electron chi connectivity index (χ4n) is 1.87. The van der Waals surface area contributed by atoms with E-state index in [0.717, 1.165) is 0 Å². The molecule has 1 atom stereocenters. The van der Waals surface area contributed by atoms with E-state index in [9.17, 15) is 4.79 Å². The lowest BCUT2D eigenvalue weighted by atomic mass is 9.91. The Morgan fingerprint density at radius 1 is 1.53 bits per heavy atom. The Labute approximate surface area is 91.8 Å². The van der Waals surface area contributed by atoms with Crippen molar-refractivity contribution in [3.63, 3.8) is 0 Å². The van der Waals surface area contributed by atoms with Crippen molar-refractivity contribution in [3.8, 4) is 0 Å². The van der Waals surface area contributed by atoms with Crippen LogP contribution in [-0.4, -0.2) is 42.1 Å². The van der Waals surface area contributed by atoms with Gasteiger partial charge in [-0.15, -0.1) is 0 Å². The number of hydrogen-bond acceptors (Lipinski definition) is 3. The van der Waals surface area contributed by atoms with E-state index >= 15 is 0 Å². The maximum atomic E-state index is 12.2. The highest BCUT2D eigenvalue weighted by molar-refractivity contribution is 5.86. The highest BCUT2D eigenvalue weighted by Crippen LogP contribution is 2.18. The van der Waals surface area contributed by atoms with Crippen LogP contribution in [0.4, 0.5) is 0 Å². The zero-order valence-corrected chi connectivity index (χ0v) is 9.95. The Hall–Kier alpha value is -0.610. The van der Waals surface area contributed by atoms with Gasteiger partial charge in [0, 0.05) is 6.54 Å². The van der Waals surface area contributed by atoms with Crippen molar-refractivity contribution >= 4 is 5.91 Å². The van der Waals surface area contributed by atoms with E-state index in [-0.39, 0.29) is 11.9 Å². The predicted molar refractivity (Wildman–Crippen MR) is 59.5 cm³/mol. The minimum Gasteiger partial charge on any atom is -0.377 e. The van der Waals surface area contributed by atoms with Crippen LogP contribution in [0.15, 0.2) is 0 Å². The van der Waals surface area contributed by atoms with Crippen LogP contribution in [-0.2, 0) is 9.53 Å². The molecule has 15 heavy (non-hydrogen) atoms. The molecule has 1 rings (SSSR count). The highest BCUT2D eigenvalue weighted by atomic mass is 16.5. The van der Waals surface area contributed by atoms with Gasteiger partial charge in [-0.3, -0.25) is 4.79 Å². The first-order valence-corrected chi connectivity index (χ1v) is 5.73. The van der Waals surface area contributed by atoms with Gasteiger partial charge in [0.2, 0.25) is 5.91 Å². The van der Waals surface area contributed by atoms with Gasteiger partial charge in [-0.05, 0) is 19.8 Å². The molecule has 1 aliphatic heterocycles. The molecule has 1 fully saturated rings. The topological polar surface area (TPSA) is 55.6 Å². The van der Waals surface area contributed by atoms with E-state index < -0.39 is 5.54 Å². The van der Waals surface area contributed by atoms with Gasteiger partial charge in [-0.1, -0.05) is 13.8 Å². The first-order chi connectivity index (χ1) is 7.05. The summed E-state index contributed by atoms with van der Waals surface area (Å²) in [6.45, 7) is 7.84. The molecule has 0 aromatic rings. The number of hydrogen-bond donors (Lipinski definition) is 1. The fourth-order valence-corrected chi connectivity index (χ4v) is 1.87. The van der Waals surface area contributed by atoms with E-state index in [4.69, 9.17) is 10.5 Å². The minimum absolute atomic E-state index is 0.0725. The van der Waals surface area contributed by atoms with Crippen LogP contribution in [0.3, 0.4) is 0 Å². The molecule has 1 amide bonds. The zero-order valence-electron chi connectivity index (χ0n) is 9.95. The molecule has 2 N–H and O–H groups in total. The molecule has 0 spiro atoms. The quantitative estimate of drug-likeness (QED) is 0.754. The van der Waals surface area contributed by atoms with E-state index in [2.05, 4.69) is 0 Å². The molecule has 0 aromatic heterocycles. The summed E-state index contributed by atoms with van der Waals surface area (Å²) in [6, 6.07) is 0.146. The Morgan fingerprint density at radius 3 is 2.60 bits per heavy atom. The molecular formula is C11H22N2O2. The fraction of sp³-hybridized carbons (Fsp3) is 0.909. The molecule has 88 valence electrons. The van der Waals surface area contributed by atoms with Gasteiger partial charge < -0.3 is 15.4 Å². The maximum Gasteiger partial charge on any atom is 0.243 e. The van der Waals surface area contributed by atoms with Crippen molar-refractivity contribution in [2.75, 3.05) is 19.8 Å². The number of amides is 1. The van der Waals surface area contributed by atoms with Gasteiger partial charge in [0.1, 0.15) is 0 Å². The minimum atomic E-state index is -0.689. The van der Waals surface area contributed by atoms with E-state index in [1.807, 2.05) is 25.7 Å². The predicted octanol–water partition coefficient (Wildman–Crippen LogP) is 0.751. The SMILES string of the molecule is CCC(N)(CC)C(=O)N1CCOCC1C. The van der Waals surface area contributed by atoms with Crippen LogP contribution in [0.25, 0.3) is 0 Å². The summed E-state index contributed by atoms with van der Waals surface area (Å²) < 4.78 is 5.31. The van der Waals surface area contributed by atoms with Crippen molar-refractivity contribution < 1.29 is 9.53 Å². The Kier molecular flexibility index (Phi) is 4.11. The van der Waals surface area contributed by atoms with E-state index in [1.165, 1.54) is 0 Å². The molecule has 4 heteroatoms. The molecule has 1 heterocycles. The first kappa shape index (κ1) is 12.5. The van der Waals surface area contributed by atoms with Gasteiger partial charge in [0.25, 0.3) is 0 Å². The van der Waals surface area contributed by atoms with Crippen molar-refractivity contribution in [1.82, 2.24) is 4.90 Å². The molecule has 0 radical (unpaired) electrons. The second-order valence-electron chi connectivity index (χ2n) is 4.29. The number of nitrogens with zero attached hydrogens (tertiary/aromatic N) is 1. The van der Waals surface area contributed by atoms with Crippen molar-refractivity contribution in [3.05, 3.63) is 0 Å². The summed E-state index contributed by atoms with van der Waals surface area (Å²) in [5.74, 6) is 0.0725. The molecular weight excluding hydrogens is 192 g/mol. The summed E-state index contributed by atoms with van der Waals surface area (Å²) in [5.41, 5.74) is 5.41. The third-order valence-electron chi connectivity index (χ3n) is 3.32. The zero-order chi connectivity index (χ0) is 11.5. The van der Waals surface area contributed by atoms with Crippen LogP contribution in [0.2, 0.25) is 0 Å². The van der Waals surface area contributed by atoms with Crippen LogP contribution in [0.1, 0.15) is 33.6 Å². The molecule has 1 unspecified atom stereocenters. The smallest absolute Gasteiger partial charge is 0.243 e. The third-order valence-corrected chi connectivity index (χ3v) is 3.32. The van der Waals surface area contributed by atoms with Crippen molar-refractivity contribution in [2.24, 2.45) is 5.73 Å². The second-order valence-corrected chi connectivity index (χ2v) is 4.29. The average Bonchev–Trinajstić information content (AvgIpc) is 2.28. The van der Waals surface area contributed by atoms with Crippen molar-refractivity contribution in [2.45, 2.75) is 45.2 Å². The van der Waals surface area contributed by atoms with Crippen LogP contribution in [0, 0.1) is 0 Å². The molecule has 1 aliphatic rings. The van der Waals surface area contributed by atoms with E-state index in [1.54, 1.807) is 0 Å². The van der Waals surface area contributed by atoms with Gasteiger partial charge in [-0.25, -0.2) is 0 Å². The molecule has 0 aromatic carbocycles. The number of carbonyl (C=O) groups excluding carboxylic acids is 1. The average molecular weight is 214 g/mol. The molecule has 0 saturated carbocycles. The number of nitrogens with two attached hydrogens (primary N) is 1. The van der Waals surface area contributed by atoms with Gasteiger partial charge in [0.15, 0.2) is 0 Å². The third kappa shape index (κ3) is 2.49. The normalized spacial score (nSPS) is 22.9. The summed E-state index contributed by atoms with van der Waals surface area (Å²) in [7, 11) is 0. The lowest BCUT2D eigenvalue weighted by Crippen LogP contribution is -2.59. The molecule has 4 nitrogen and oxygen atoms in total. The summed E-state index contributed by atoms with van der Waals surface area (Å²) in [5, 5.41) is 0. The maximum absolute atomic E-state index is 12.2. The Balaban J connectivity index is 2.73. The van der Waals surface area contributed by atoms with Crippen LogP contribution >= 0.6 is 0 Å². The van der Waals surface area contributed by atoms with Crippen molar-refractivity contribution in [1.29, 1.82) is 0 Å². The van der Waals surface area contributed by atoms with Gasteiger partial charge >= 0.3 is 0 Å². The van der Waals surface area contributed by atoms with Crippen LogP contribution < -0.4 is 5.73 Å². The molecule has 0 bridgehead atoms. The Bertz CT molecular complexity index is 227. The van der Waals surface area contributed by atoms with Crippen LogP contribution in [0.5, 0.6) is 0 Å². The van der Waals surface area contributed by atoms with Gasteiger partial charge in [0.05, 0.1) is 24.8 Å². The Morgan fingerprint density at radius 2 is 2.13 bits per heavy atom.